The molecule has 0 radical (unpaired) electrons. The number of halogens is 1. The van der Waals surface area contributed by atoms with Crippen molar-refractivity contribution in [2.24, 2.45) is 5.92 Å². The number of piperidine rings is 1. The van der Waals surface area contributed by atoms with Gasteiger partial charge in [-0.25, -0.2) is 9.97 Å². The minimum Gasteiger partial charge on any atom is -0.356 e. The summed E-state index contributed by atoms with van der Waals surface area (Å²) < 4.78 is 0. The molecule has 0 bridgehead atoms. The van der Waals surface area contributed by atoms with Gasteiger partial charge in [-0.2, -0.15) is 0 Å². The van der Waals surface area contributed by atoms with Crippen LogP contribution in [0.5, 0.6) is 0 Å². The molecule has 6 nitrogen and oxygen atoms in total. The Morgan fingerprint density at radius 3 is 2.54 bits per heavy atom. The van der Waals surface area contributed by atoms with Gasteiger partial charge in [0.05, 0.1) is 5.75 Å². The first kappa shape index (κ1) is 19.7. The minimum absolute atomic E-state index is 0.155. The minimum atomic E-state index is 0.155. The number of piperazine rings is 1. The second-order valence-corrected chi connectivity index (χ2v) is 8.43. The van der Waals surface area contributed by atoms with Crippen molar-refractivity contribution in [3.63, 3.8) is 0 Å². The Morgan fingerprint density at radius 2 is 1.88 bits per heavy atom. The first-order valence-corrected chi connectivity index (χ1v) is 10.8. The van der Waals surface area contributed by atoms with Crippen molar-refractivity contribution in [3.8, 4) is 0 Å². The topological polar surface area (TPSA) is 52.6 Å². The molecule has 0 unspecified atom stereocenters. The maximum atomic E-state index is 12.5. The zero-order valence-electron chi connectivity index (χ0n) is 15.7. The Bertz CT molecular complexity index is 616. The molecule has 3 rings (SSSR count). The number of amides is 1. The molecule has 0 atom stereocenters. The van der Waals surface area contributed by atoms with E-state index in [9.17, 15) is 4.79 Å². The van der Waals surface area contributed by atoms with Crippen LogP contribution >= 0.6 is 23.4 Å². The highest BCUT2D eigenvalue weighted by molar-refractivity contribution is 7.99. The molecule has 0 spiro atoms. The lowest BCUT2D eigenvalue weighted by Crippen LogP contribution is -2.49. The van der Waals surface area contributed by atoms with Crippen molar-refractivity contribution >= 4 is 35.1 Å². The number of carbonyl (C=O) groups is 1. The molecule has 2 fully saturated rings. The van der Waals surface area contributed by atoms with Crippen LogP contribution in [0.1, 0.15) is 26.7 Å². The average molecular weight is 398 g/mol. The van der Waals surface area contributed by atoms with Gasteiger partial charge in [0, 0.05) is 45.3 Å². The zero-order valence-corrected chi connectivity index (χ0v) is 17.2. The number of nitrogens with zero attached hydrogens (tertiary/aromatic N) is 5. The van der Waals surface area contributed by atoms with Crippen molar-refractivity contribution < 1.29 is 4.79 Å². The Labute approximate surface area is 165 Å². The highest BCUT2D eigenvalue weighted by atomic mass is 35.5. The molecule has 2 aliphatic heterocycles. The lowest BCUT2D eigenvalue weighted by molar-refractivity contribution is -0.130. The number of hydrogen-bond donors (Lipinski definition) is 0. The van der Waals surface area contributed by atoms with E-state index >= 15 is 0 Å². The maximum Gasteiger partial charge on any atom is 0.233 e. The molecule has 2 aliphatic rings. The van der Waals surface area contributed by atoms with E-state index in [1.807, 2.05) is 11.0 Å². The fourth-order valence-corrected chi connectivity index (χ4v) is 4.36. The van der Waals surface area contributed by atoms with Crippen LogP contribution < -0.4 is 4.90 Å². The first-order valence-electron chi connectivity index (χ1n) is 9.47. The van der Waals surface area contributed by atoms with Crippen LogP contribution in [0.15, 0.2) is 11.2 Å². The van der Waals surface area contributed by atoms with Gasteiger partial charge in [0.1, 0.15) is 11.0 Å². The van der Waals surface area contributed by atoms with Gasteiger partial charge < -0.3 is 14.7 Å². The van der Waals surface area contributed by atoms with Crippen LogP contribution in [0.25, 0.3) is 0 Å². The highest BCUT2D eigenvalue weighted by Crippen LogP contribution is 2.26. The van der Waals surface area contributed by atoms with Crippen molar-refractivity contribution in [3.05, 3.63) is 11.2 Å². The SMILES string of the molecule is CCN1CCN(C(=O)CSc2nc(Cl)cc(N3CCC(C)CC3)n2)CC1. The summed E-state index contributed by atoms with van der Waals surface area (Å²) in [5.74, 6) is 2.16. The normalized spacial score (nSPS) is 19.8. The third-order valence-corrected chi connectivity index (χ3v) is 6.29. The van der Waals surface area contributed by atoms with Gasteiger partial charge in [-0.05, 0) is 25.3 Å². The molecule has 8 heteroatoms. The van der Waals surface area contributed by atoms with Crippen LogP contribution in [0, 0.1) is 5.92 Å². The fraction of sp³-hybridized carbons (Fsp3) is 0.722. The first-order chi connectivity index (χ1) is 12.5. The molecule has 0 aromatic carbocycles. The number of carbonyl (C=O) groups excluding carboxylic acids is 1. The number of hydrogen-bond acceptors (Lipinski definition) is 6. The molecule has 0 saturated carbocycles. The molecular weight excluding hydrogens is 370 g/mol. The molecule has 3 heterocycles. The molecular formula is C18H28ClN5OS. The third-order valence-electron chi connectivity index (χ3n) is 5.27. The second kappa shape index (κ2) is 9.24. The third kappa shape index (κ3) is 5.24. The Kier molecular flexibility index (Phi) is 7.00. The van der Waals surface area contributed by atoms with Gasteiger partial charge in [-0.15, -0.1) is 0 Å². The standard InChI is InChI=1S/C18H28ClN5OS/c1-3-22-8-10-24(11-9-22)17(25)13-26-18-20-15(19)12-16(21-18)23-6-4-14(2)5-7-23/h12,14H,3-11,13H2,1-2H3. The van der Waals surface area contributed by atoms with Crippen molar-refractivity contribution in [1.82, 2.24) is 19.8 Å². The van der Waals surface area contributed by atoms with Crippen LogP contribution in [0.2, 0.25) is 5.15 Å². The molecule has 1 aromatic heterocycles. The summed E-state index contributed by atoms with van der Waals surface area (Å²) in [7, 11) is 0. The second-order valence-electron chi connectivity index (χ2n) is 7.10. The van der Waals surface area contributed by atoms with Gasteiger partial charge in [-0.3, -0.25) is 4.79 Å². The summed E-state index contributed by atoms with van der Waals surface area (Å²) in [6.07, 6.45) is 2.35. The zero-order chi connectivity index (χ0) is 18.5. The van der Waals surface area contributed by atoms with E-state index in [1.54, 1.807) is 0 Å². The van der Waals surface area contributed by atoms with E-state index in [4.69, 9.17) is 11.6 Å². The Balaban J connectivity index is 1.55. The largest absolute Gasteiger partial charge is 0.356 e. The highest BCUT2D eigenvalue weighted by Gasteiger charge is 2.21. The van der Waals surface area contributed by atoms with E-state index < -0.39 is 0 Å². The number of thioether (sulfide) groups is 1. The number of aromatic nitrogens is 2. The number of likely N-dealkylation sites (N-methyl/N-ethyl adjacent to an activating group) is 1. The molecule has 2 saturated heterocycles. The van der Waals surface area contributed by atoms with E-state index in [-0.39, 0.29) is 5.91 Å². The number of anilines is 1. The Hall–Kier alpha value is -1.05. The summed E-state index contributed by atoms with van der Waals surface area (Å²) in [5, 5.41) is 1.03. The van der Waals surface area contributed by atoms with Crippen LogP contribution in [-0.2, 0) is 4.79 Å². The molecule has 26 heavy (non-hydrogen) atoms. The Morgan fingerprint density at radius 1 is 1.19 bits per heavy atom. The van der Waals surface area contributed by atoms with Crippen LogP contribution in [-0.4, -0.2) is 77.2 Å². The van der Waals surface area contributed by atoms with E-state index in [0.717, 1.165) is 57.5 Å². The summed E-state index contributed by atoms with van der Waals surface area (Å²) in [5.41, 5.74) is 0. The molecule has 0 aliphatic carbocycles. The van der Waals surface area contributed by atoms with Crippen molar-refractivity contribution in [2.75, 3.05) is 56.5 Å². The molecule has 144 valence electrons. The predicted molar refractivity (Wildman–Crippen MR) is 107 cm³/mol. The van der Waals surface area contributed by atoms with Gasteiger partial charge >= 0.3 is 0 Å². The van der Waals surface area contributed by atoms with Crippen LogP contribution in [0.3, 0.4) is 0 Å². The summed E-state index contributed by atoms with van der Waals surface area (Å²) in [4.78, 5) is 28.0. The summed E-state index contributed by atoms with van der Waals surface area (Å²) in [6, 6.07) is 1.83. The monoisotopic (exact) mass is 397 g/mol. The molecule has 1 amide bonds. The number of rotatable bonds is 5. The van der Waals surface area contributed by atoms with Gasteiger partial charge in [-0.1, -0.05) is 37.2 Å². The van der Waals surface area contributed by atoms with E-state index in [0.29, 0.717) is 16.1 Å². The summed E-state index contributed by atoms with van der Waals surface area (Å²) in [6.45, 7) is 11.0. The van der Waals surface area contributed by atoms with E-state index in [1.165, 1.54) is 24.6 Å². The lowest BCUT2D eigenvalue weighted by atomic mass is 9.99. The van der Waals surface area contributed by atoms with Crippen LogP contribution in [0.4, 0.5) is 5.82 Å². The van der Waals surface area contributed by atoms with Gasteiger partial charge in [0.15, 0.2) is 5.16 Å². The lowest BCUT2D eigenvalue weighted by Gasteiger charge is -2.34. The van der Waals surface area contributed by atoms with Crippen molar-refractivity contribution in [1.29, 1.82) is 0 Å². The fourth-order valence-electron chi connectivity index (χ4n) is 3.38. The van der Waals surface area contributed by atoms with E-state index in [2.05, 4.69) is 33.6 Å². The van der Waals surface area contributed by atoms with Crippen molar-refractivity contribution in [2.45, 2.75) is 31.8 Å². The maximum absolute atomic E-state index is 12.5. The predicted octanol–water partition coefficient (Wildman–Crippen LogP) is 2.62. The summed E-state index contributed by atoms with van der Waals surface area (Å²) >= 11 is 7.59. The quantitative estimate of drug-likeness (QED) is 0.432. The molecule has 1 aromatic rings. The molecule has 0 N–H and O–H groups in total. The van der Waals surface area contributed by atoms with Gasteiger partial charge in [0.2, 0.25) is 5.91 Å². The average Bonchev–Trinajstić information content (AvgIpc) is 2.66. The smallest absolute Gasteiger partial charge is 0.233 e. The van der Waals surface area contributed by atoms with Gasteiger partial charge in [0.25, 0.3) is 0 Å².